The van der Waals surface area contributed by atoms with Crippen molar-refractivity contribution in [1.29, 1.82) is 0 Å². The Labute approximate surface area is 189 Å². The predicted molar refractivity (Wildman–Crippen MR) is 130 cm³/mol. The molecule has 2 fully saturated rings. The first kappa shape index (κ1) is 19.8. The van der Waals surface area contributed by atoms with E-state index >= 15 is 0 Å². The SMILES string of the molecule is Cc1noc2ccc(-c3nc4ccc(N5CCCCC5)cc4n3CC3CCCCC3)cc12. The van der Waals surface area contributed by atoms with Crippen molar-refractivity contribution in [2.24, 2.45) is 5.92 Å². The highest BCUT2D eigenvalue weighted by atomic mass is 16.5. The van der Waals surface area contributed by atoms with Gasteiger partial charge in [-0.1, -0.05) is 24.4 Å². The topological polar surface area (TPSA) is 47.1 Å². The van der Waals surface area contributed by atoms with E-state index in [-0.39, 0.29) is 0 Å². The maximum absolute atomic E-state index is 5.45. The van der Waals surface area contributed by atoms with E-state index in [0.717, 1.165) is 46.0 Å². The van der Waals surface area contributed by atoms with Crippen LogP contribution >= 0.6 is 0 Å². The third kappa shape index (κ3) is 3.58. The Morgan fingerprint density at radius 3 is 2.59 bits per heavy atom. The van der Waals surface area contributed by atoms with Crippen molar-refractivity contribution in [3.05, 3.63) is 42.1 Å². The maximum atomic E-state index is 5.45. The third-order valence-electron chi connectivity index (χ3n) is 7.53. The number of imidazole rings is 1. The standard InChI is InChI=1S/C27H32N4O/c1-19-23-16-21(10-13-26(23)32-29-19)27-28-24-12-11-22(30-14-6-3-7-15-30)17-25(24)31(27)18-20-8-4-2-5-9-20/h10-13,16-17,20H,2-9,14-15,18H2,1H3. The highest BCUT2D eigenvalue weighted by molar-refractivity contribution is 5.88. The van der Waals surface area contributed by atoms with Crippen LogP contribution < -0.4 is 4.90 Å². The molecule has 0 radical (unpaired) electrons. The van der Waals surface area contributed by atoms with Crippen molar-refractivity contribution in [1.82, 2.24) is 14.7 Å². The van der Waals surface area contributed by atoms with Crippen LogP contribution in [0.2, 0.25) is 0 Å². The molecular weight excluding hydrogens is 396 g/mol. The van der Waals surface area contributed by atoms with Gasteiger partial charge in [-0.25, -0.2) is 4.98 Å². The third-order valence-corrected chi connectivity index (χ3v) is 7.53. The molecule has 0 amide bonds. The molecule has 0 atom stereocenters. The Hall–Kier alpha value is -2.82. The van der Waals surface area contributed by atoms with Crippen LogP contribution in [-0.4, -0.2) is 27.8 Å². The molecule has 0 bridgehead atoms. The van der Waals surface area contributed by atoms with Crippen molar-refractivity contribution in [2.45, 2.75) is 64.8 Å². The van der Waals surface area contributed by atoms with E-state index in [1.54, 1.807) is 0 Å². The fourth-order valence-corrected chi connectivity index (χ4v) is 5.69. The molecule has 6 rings (SSSR count). The first-order chi connectivity index (χ1) is 15.8. The quantitative estimate of drug-likeness (QED) is 0.362. The van der Waals surface area contributed by atoms with Gasteiger partial charge in [0.15, 0.2) is 5.58 Å². The van der Waals surface area contributed by atoms with Crippen LogP contribution in [0.5, 0.6) is 0 Å². The monoisotopic (exact) mass is 428 g/mol. The molecular formula is C27H32N4O. The molecule has 32 heavy (non-hydrogen) atoms. The maximum Gasteiger partial charge on any atom is 0.167 e. The molecule has 5 heteroatoms. The lowest BCUT2D eigenvalue weighted by Gasteiger charge is -2.29. The van der Waals surface area contributed by atoms with E-state index in [0.29, 0.717) is 0 Å². The summed E-state index contributed by atoms with van der Waals surface area (Å²) in [5.74, 6) is 1.81. The second-order valence-electron chi connectivity index (χ2n) is 9.75. The van der Waals surface area contributed by atoms with E-state index in [1.165, 1.54) is 75.7 Å². The Kier molecular flexibility index (Phi) is 5.12. The Morgan fingerprint density at radius 1 is 0.938 bits per heavy atom. The number of nitrogens with zero attached hydrogens (tertiary/aromatic N) is 4. The molecule has 1 saturated heterocycles. The summed E-state index contributed by atoms with van der Waals surface area (Å²) in [6.07, 6.45) is 10.7. The van der Waals surface area contributed by atoms with E-state index in [9.17, 15) is 0 Å². The number of aromatic nitrogens is 3. The van der Waals surface area contributed by atoms with Crippen LogP contribution in [0.1, 0.15) is 57.1 Å². The van der Waals surface area contributed by atoms with Crippen LogP contribution in [0.4, 0.5) is 5.69 Å². The Balaban J connectivity index is 1.47. The van der Waals surface area contributed by atoms with Gasteiger partial charge in [0.05, 0.1) is 16.7 Å². The summed E-state index contributed by atoms with van der Waals surface area (Å²) in [5, 5.41) is 5.22. The molecule has 1 aliphatic heterocycles. The van der Waals surface area contributed by atoms with Crippen LogP contribution in [0.25, 0.3) is 33.4 Å². The summed E-state index contributed by atoms with van der Waals surface area (Å²) >= 11 is 0. The summed E-state index contributed by atoms with van der Waals surface area (Å²) in [6.45, 7) is 5.39. The molecule has 0 unspecified atom stereocenters. The van der Waals surface area contributed by atoms with E-state index in [4.69, 9.17) is 9.51 Å². The molecule has 4 aromatic rings. The van der Waals surface area contributed by atoms with Crippen molar-refractivity contribution in [2.75, 3.05) is 18.0 Å². The second kappa shape index (κ2) is 8.27. The number of anilines is 1. The fraction of sp³-hybridized carbons (Fsp3) is 0.481. The lowest BCUT2D eigenvalue weighted by Crippen LogP contribution is -2.29. The summed E-state index contributed by atoms with van der Waals surface area (Å²) in [7, 11) is 0. The van der Waals surface area contributed by atoms with Crippen LogP contribution in [-0.2, 0) is 6.54 Å². The smallest absolute Gasteiger partial charge is 0.167 e. The van der Waals surface area contributed by atoms with Gasteiger partial charge in [-0.05, 0) is 81.3 Å². The van der Waals surface area contributed by atoms with Crippen molar-refractivity contribution >= 4 is 27.7 Å². The zero-order valence-corrected chi connectivity index (χ0v) is 19.0. The number of piperidine rings is 1. The number of fused-ring (bicyclic) bond motifs is 2. The molecule has 2 aromatic carbocycles. The molecule has 3 heterocycles. The van der Waals surface area contributed by atoms with Crippen molar-refractivity contribution in [3.63, 3.8) is 0 Å². The van der Waals surface area contributed by atoms with Gasteiger partial charge >= 0.3 is 0 Å². The number of aryl methyl sites for hydroxylation is 1. The van der Waals surface area contributed by atoms with Crippen molar-refractivity contribution in [3.8, 4) is 11.4 Å². The Bertz CT molecular complexity index is 1240. The van der Waals surface area contributed by atoms with Gasteiger partial charge in [0.25, 0.3) is 0 Å². The molecule has 0 N–H and O–H groups in total. The van der Waals surface area contributed by atoms with Gasteiger partial charge in [0.1, 0.15) is 5.82 Å². The number of hydrogen-bond donors (Lipinski definition) is 0. The zero-order chi connectivity index (χ0) is 21.5. The Morgan fingerprint density at radius 2 is 1.75 bits per heavy atom. The van der Waals surface area contributed by atoms with E-state index in [2.05, 4.69) is 45.0 Å². The summed E-state index contributed by atoms with van der Waals surface area (Å²) in [4.78, 5) is 7.70. The average Bonchev–Trinajstić information content (AvgIpc) is 3.40. The highest BCUT2D eigenvalue weighted by Gasteiger charge is 2.21. The zero-order valence-electron chi connectivity index (χ0n) is 19.0. The van der Waals surface area contributed by atoms with Crippen LogP contribution in [0.15, 0.2) is 40.9 Å². The van der Waals surface area contributed by atoms with Crippen LogP contribution in [0.3, 0.4) is 0 Å². The molecule has 1 aliphatic carbocycles. The normalized spacial score (nSPS) is 18.1. The van der Waals surface area contributed by atoms with Gasteiger partial charge in [0, 0.05) is 36.3 Å². The van der Waals surface area contributed by atoms with Gasteiger partial charge in [-0.15, -0.1) is 0 Å². The van der Waals surface area contributed by atoms with Gasteiger partial charge in [-0.2, -0.15) is 0 Å². The van der Waals surface area contributed by atoms with Crippen LogP contribution in [0, 0.1) is 12.8 Å². The summed E-state index contributed by atoms with van der Waals surface area (Å²) in [5.41, 5.74) is 6.64. The molecule has 166 valence electrons. The molecule has 2 aromatic heterocycles. The van der Waals surface area contributed by atoms with Crippen molar-refractivity contribution < 1.29 is 4.52 Å². The van der Waals surface area contributed by atoms with E-state index < -0.39 is 0 Å². The lowest BCUT2D eigenvalue weighted by molar-refractivity contribution is 0.323. The first-order valence-electron chi connectivity index (χ1n) is 12.4. The minimum absolute atomic E-state index is 0.736. The second-order valence-corrected chi connectivity index (χ2v) is 9.75. The minimum atomic E-state index is 0.736. The number of benzene rings is 2. The fourth-order valence-electron chi connectivity index (χ4n) is 5.69. The average molecular weight is 429 g/mol. The van der Waals surface area contributed by atoms with Gasteiger partial charge in [0.2, 0.25) is 0 Å². The molecule has 0 spiro atoms. The summed E-state index contributed by atoms with van der Waals surface area (Å²) in [6, 6.07) is 13.3. The highest BCUT2D eigenvalue weighted by Crippen LogP contribution is 2.34. The lowest BCUT2D eigenvalue weighted by atomic mass is 9.89. The van der Waals surface area contributed by atoms with Gasteiger partial charge < -0.3 is 14.0 Å². The molecule has 1 saturated carbocycles. The first-order valence-corrected chi connectivity index (χ1v) is 12.4. The van der Waals surface area contributed by atoms with Gasteiger partial charge in [-0.3, -0.25) is 0 Å². The van der Waals surface area contributed by atoms with E-state index in [1.807, 2.05) is 13.0 Å². The largest absolute Gasteiger partial charge is 0.371 e. The molecule has 2 aliphatic rings. The predicted octanol–water partition coefficient (Wildman–Crippen LogP) is 6.72. The summed E-state index contributed by atoms with van der Waals surface area (Å²) < 4.78 is 7.95. The number of hydrogen-bond acceptors (Lipinski definition) is 4. The minimum Gasteiger partial charge on any atom is -0.371 e. The molecule has 5 nitrogen and oxygen atoms in total. The number of rotatable bonds is 4.